The Morgan fingerprint density at radius 2 is 1.95 bits per heavy atom. The molecule has 20 heavy (non-hydrogen) atoms. The number of carbonyl (C=O) groups is 2. The summed E-state index contributed by atoms with van der Waals surface area (Å²) in [6.45, 7) is 6.64. The Morgan fingerprint density at radius 3 is 2.40 bits per heavy atom. The van der Waals surface area contributed by atoms with E-state index in [1.807, 2.05) is 0 Å². The second-order valence-electron chi connectivity index (χ2n) is 6.11. The molecule has 1 fully saturated rings. The van der Waals surface area contributed by atoms with Crippen LogP contribution in [0.1, 0.15) is 27.7 Å². The molecule has 2 unspecified atom stereocenters. The van der Waals surface area contributed by atoms with Gasteiger partial charge in [-0.3, -0.25) is 9.69 Å². The Hall–Kier alpha value is -1.37. The van der Waals surface area contributed by atoms with E-state index in [0.29, 0.717) is 6.54 Å². The average molecular weight is 290 g/mol. The molecule has 0 aromatic rings. The van der Waals surface area contributed by atoms with Gasteiger partial charge < -0.3 is 14.7 Å². The first kappa shape index (κ1) is 16.7. The number of aliphatic carboxylic acids is 1. The van der Waals surface area contributed by atoms with Crippen molar-refractivity contribution in [3.63, 3.8) is 0 Å². The number of rotatable bonds is 3. The van der Waals surface area contributed by atoms with Gasteiger partial charge in [-0.2, -0.15) is 0 Å². The average Bonchev–Trinajstić information content (AvgIpc) is 2.25. The maximum Gasteiger partial charge on any atom is 0.410 e. The van der Waals surface area contributed by atoms with Crippen LogP contribution < -0.4 is 0 Å². The van der Waals surface area contributed by atoms with E-state index in [0.717, 1.165) is 0 Å². The van der Waals surface area contributed by atoms with E-state index >= 15 is 0 Å². The number of nitrogens with zero attached hydrogens (tertiary/aromatic N) is 2. The molecule has 0 saturated carbocycles. The van der Waals surface area contributed by atoms with Crippen molar-refractivity contribution in [3.8, 4) is 0 Å². The molecule has 1 N–H and O–H groups in total. The molecule has 1 rings (SSSR count). The molecule has 0 aromatic heterocycles. The zero-order valence-electron chi connectivity index (χ0n) is 12.4. The topological polar surface area (TPSA) is 70.1 Å². The molecule has 0 aliphatic carbocycles. The van der Waals surface area contributed by atoms with Gasteiger partial charge in [-0.05, 0) is 27.7 Å². The van der Waals surface area contributed by atoms with Gasteiger partial charge in [-0.15, -0.1) is 0 Å². The highest BCUT2D eigenvalue weighted by Gasteiger charge is 2.36. The van der Waals surface area contributed by atoms with Crippen molar-refractivity contribution in [2.75, 3.05) is 26.3 Å². The highest BCUT2D eigenvalue weighted by molar-refractivity contribution is 5.70. The number of alkyl halides is 1. The van der Waals surface area contributed by atoms with E-state index in [1.54, 1.807) is 32.6 Å². The predicted molar refractivity (Wildman–Crippen MR) is 71.4 cm³/mol. The summed E-state index contributed by atoms with van der Waals surface area (Å²) in [6.07, 6.45) is -0.488. The standard InChI is InChI=1S/C13H23FN2O4/c1-9-6-15(8-11(17)18)10(5-14)7-16(9)12(19)20-13(2,3)4/h9-10H,5-8H2,1-4H3,(H,17,18). The minimum absolute atomic E-state index is 0.139. The van der Waals surface area contributed by atoms with Gasteiger partial charge in [0.15, 0.2) is 0 Å². The van der Waals surface area contributed by atoms with Gasteiger partial charge in [0.25, 0.3) is 0 Å². The van der Waals surface area contributed by atoms with E-state index in [-0.39, 0.29) is 19.1 Å². The van der Waals surface area contributed by atoms with E-state index in [4.69, 9.17) is 9.84 Å². The second kappa shape index (κ2) is 6.39. The highest BCUT2D eigenvalue weighted by Crippen LogP contribution is 2.19. The lowest BCUT2D eigenvalue weighted by Gasteiger charge is -2.43. The molecule has 0 spiro atoms. The summed E-state index contributed by atoms with van der Waals surface area (Å²) in [4.78, 5) is 25.8. The zero-order chi connectivity index (χ0) is 15.5. The third-order valence-corrected chi connectivity index (χ3v) is 3.10. The third kappa shape index (κ3) is 4.63. The third-order valence-electron chi connectivity index (χ3n) is 3.10. The van der Waals surface area contributed by atoms with Crippen molar-refractivity contribution in [3.05, 3.63) is 0 Å². The highest BCUT2D eigenvalue weighted by atomic mass is 19.1. The van der Waals surface area contributed by atoms with Crippen LogP contribution in [0.4, 0.5) is 9.18 Å². The largest absolute Gasteiger partial charge is 0.480 e. The van der Waals surface area contributed by atoms with Crippen LogP contribution in [-0.2, 0) is 9.53 Å². The number of amides is 1. The number of carbonyl (C=O) groups excluding carboxylic acids is 1. The number of halogens is 1. The van der Waals surface area contributed by atoms with Gasteiger partial charge in [0, 0.05) is 19.1 Å². The molecule has 1 heterocycles. The molecule has 1 aliphatic heterocycles. The molecule has 116 valence electrons. The maximum atomic E-state index is 13.1. The van der Waals surface area contributed by atoms with Crippen LogP contribution in [0.25, 0.3) is 0 Å². The van der Waals surface area contributed by atoms with Crippen molar-refractivity contribution < 1.29 is 23.8 Å². The lowest BCUT2D eigenvalue weighted by Crippen LogP contribution is -2.61. The summed E-state index contributed by atoms with van der Waals surface area (Å²) < 4.78 is 18.4. The van der Waals surface area contributed by atoms with Crippen molar-refractivity contribution in [1.29, 1.82) is 0 Å². The summed E-state index contributed by atoms with van der Waals surface area (Å²) in [7, 11) is 0. The number of carboxylic acid groups (broad SMARTS) is 1. The summed E-state index contributed by atoms with van der Waals surface area (Å²) in [5.41, 5.74) is -0.611. The van der Waals surface area contributed by atoms with Crippen LogP contribution in [0, 0.1) is 0 Å². The first-order valence-electron chi connectivity index (χ1n) is 6.65. The van der Waals surface area contributed by atoms with Gasteiger partial charge >= 0.3 is 12.1 Å². The van der Waals surface area contributed by atoms with Gasteiger partial charge in [0.05, 0.1) is 12.6 Å². The van der Waals surface area contributed by atoms with Crippen LogP contribution in [0.15, 0.2) is 0 Å². The lowest BCUT2D eigenvalue weighted by atomic mass is 10.1. The Labute approximate surface area is 118 Å². The minimum Gasteiger partial charge on any atom is -0.480 e. The molecule has 0 radical (unpaired) electrons. The van der Waals surface area contributed by atoms with Gasteiger partial charge in [-0.1, -0.05) is 0 Å². The molecule has 2 atom stereocenters. The SMILES string of the molecule is CC1CN(CC(=O)O)C(CF)CN1C(=O)OC(C)(C)C. The van der Waals surface area contributed by atoms with Crippen molar-refractivity contribution in [1.82, 2.24) is 9.80 Å². The van der Waals surface area contributed by atoms with E-state index < -0.39 is 30.4 Å². The fraction of sp³-hybridized carbons (Fsp3) is 0.846. The summed E-state index contributed by atoms with van der Waals surface area (Å²) >= 11 is 0. The predicted octanol–water partition coefficient (Wildman–Crippen LogP) is 1.35. The van der Waals surface area contributed by atoms with Crippen LogP contribution in [0.3, 0.4) is 0 Å². The molecule has 0 bridgehead atoms. The van der Waals surface area contributed by atoms with E-state index in [1.165, 1.54) is 4.90 Å². The minimum atomic E-state index is -0.999. The summed E-state index contributed by atoms with van der Waals surface area (Å²) in [5, 5.41) is 8.82. The Kier molecular flexibility index (Phi) is 5.33. The number of hydrogen-bond acceptors (Lipinski definition) is 4. The van der Waals surface area contributed by atoms with Crippen molar-refractivity contribution in [2.24, 2.45) is 0 Å². The number of ether oxygens (including phenoxy) is 1. The van der Waals surface area contributed by atoms with Crippen LogP contribution in [-0.4, -0.2) is 71.0 Å². The lowest BCUT2D eigenvalue weighted by molar-refractivity contribution is -0.140. The second-order valence-corrected chi connectivity index (χ2v) is 6.11. The molecule has 1 aliphatic rings. The molecular weight excluding hydrogens is 267 g/mol. The van der Waals surface area contributed by atoms with Gasteiger partial charge in [0.1, 0.15) is 12.3 Å². The maximum absolute atomic E-state index is 13.1. The molecular formula is C13H23FN2O4. The van der Waals surface area contributed by atoms with Gasteiger partial charge in [-0.25, -0.2) is 9.18 Å². The fourth-order valence-corrected chi connectivity index (χ4v) is 2.20. The summed E-state index contributed by atoms with van der Waals surface area (Å²) in [6, 6.07) is -0.818. The number of carboxylic acids is 1. The smallest absolute Gasteiger partial charge is 0.410 e. The number of piperazine rings is 1. The van der Waals surface area contributed by atoms with E-state index in [2.05, 4.69) is 0 Å². The normalized spacial score (nSPS) is 24.6. The molecule has 7 heteroatoms. The van der Waals surface area contributed by atoms with Crippen LogP contribution in [0.2, 0.25) is 0 Å². The monoisotopic (exact) mass is 290 g/mol. The quantitative estimate of drug-likeness (QED) is 0.849. The van der Waals surface area contributed by atoms with E-state index in [9.17, 15) is 14.0 Å². The molecule has 1 amide bonds. The fourth-order valence-electron chi connectivity index (χ4n) is 2.20. The summed E-state index contributed by atoms with van der Waals surface area (Å²) in [5.74, 6) is -0.999. The molecule has 1 saturated heterocycles. The molecule has 6 nitrogen and oxygen atoms in total. The van der Waals surface area contributed by atoms with Crippen molar-refractivity contribution in [2.45, 2.75) is 45.4 Å². The Morgan fingerprint density at radius 1 is 1.35 bits per heavy atom. The van der Waals surface area contributed by atoms with Crippen molar-refractivity contribution >= 4 is 12.1 Å². The first-order chi connectivity index (χ1) is 9.14. The van der Waals surface area contributed by atoms with Gasteiger partial charge in [0.2, 0.25) is 0 Å². The Balaban J connectivity index is 2.73. The Bertz CT molecular complexity index is 370. The first-order valence-corrected chi connectivity index (χ1v) is 6.65. The molecule has 0 aromatic carbocycles. The van der Waals surface area contributed by atoms with Crippen LogP contribution in [0.5, 0.6) is 0 Å². The van der Waals surface area contributed by atoms with Crippen LogP contribution >= 0.6 is 0 Å². The number of hydrogen-bond donors (Lipinski definition) is 1. The zero-order valence-corrected chi connectivity index (χ0v) is 12.4.